The molecule has 0 nitrogen and oxygen atoms in total. The van der Waals surface area contributed by atoms with Gasteiger partial charge in [-0.2, -0.15) is 0 Å². The molecule has 10 heavy (non-hydrogen) atoms. The van der Waals surface area contributed by atoms with E-state index in [4.69, 9.17) is 0 Å². The Kier molecular flexibility index (Phi) is 4.10. The summed E-state index contributed by atoms with van der Waals surface area (Å²) in [6, 6.07) is 0. The van der Waals surface area contributed by atoms with E-state index >= 15 is 0 Å². The van der Waals surface area contributed by atoms with E-state index < -0.39 is 0 Å². The first-order valence-corrected chi connectivity index (χ1v) is 3.93. The van der Waals surface area contributed by atoms with E-state index in [9.17, 15) is 0 Å². The fourth-order valence-corrected chi connectivity index (χ4v) is 1.20. The number of hydrogen-bond acceptors (Lipinski definition) is 0. The van der Waals surface area contributed by atoms with Crippen molar-refractivity contribution in [2.45, 2.75) is 41.0 Å². The lowest BCUT2D eigenvalue weighted by atomic mass is 10.0. The molecule has 0 unspecified atom stereocenters. The first kappa shape index (κ1) is 9.48. The first-order chi connectivity index (χ1) is 4.63. The third-order valence-electron chi connectivity index (χ3n) is 1.87. The van der Waals surface area contributed by atoms with Crippen LogP contribution in [0, 0.1) is 0 Å². The van der Waals surface area contributed by atoms with Crippen molar-refractivity contribution in [2.24, 2.45) is 0 Å². The van der Waals surface area contributed by atoms with Crippen LogP contribution in [0.2, 0.25) is 0 Å². The summed E-state index contributed by atoms with van der Waals surface area (Å²) >= 11 is 0. The second-order valence-corrected chi connectivity index (χ2v) is 2.80. The molecule has 58 valence electrons. The Hall–Kier alpha value is -0.520. The zero-order valence-electron chi connectivity index (χ0n) is 7.78. The van der Waals surface area contributed by atoms with Gasteiger partial charge in [0.2, 0.25) is 0 Å². The number of rotatable bonds is 2. The summed E-state index contributed by atoms with van der Waals surface area (Å²) in [7, 11) is 0. The minimum Gasteiger partial charge on any atom is -0.0844 e. The van der Waals surface area contributed by atoms with Crippen LogP contribution in [0.5, 0.6) is 0 Å². The summed E-state index contributed by atoms with van der Waals surface area (Å²) in [5, 5.41) is 0. The van der Waals surface area contributed by atoms with E-state index in [0.717, 1.165) is 6.42 Å². The highest BCUT2D eigenvalue weighted by Gasteiger charge is 1.96. The Morgan fingerprint density at radius 1 is 1.20 bits per heavy atom. The fraction of sp³-hybridized carbons (Fsp3) is 0.600. The highest BCUT2D eigenvalue weighted by Crippen LogP contribution is 2.16. The normalized spacial score (nSPS) is 11.5. The number of allylic oxidation sites excluding steroid dienone is 4. The molecule has 0 fully saturated rings. The van der Waals surface area contributed by atoms with Crippen LogP contribution >= 0.6 is 0 Å². The van der Waals surface area contributed by atoms with Gasteiger partial charge in [-0.15, -0.1) is 0 Å². The fourth-order valence-electron chi connectivity index (χ4n) is 1.20. The Morgan fingerprint density at radius 2 is 1.70 bits per heavy atom. The average molecular weight is 138 g/mol. The molecule has 0 rings (SSSR count). The summed E-state index contributed by atoms with van der Waals surface area (Å²) in [5.41, 5.74) is 4.36. The third-order valence-corrected chi connectivity index (χ3v) is 1.87. The molecular formula is C10H18. The highest BCUT2D eigenvalue weighted by molar-refractivity contribution is 5.31. The van der Waals surface area contributed by atoms with Crippen LogP contribution in [-0.2, 0) is 0 Å². The molecule has 0 amide bonds. The molecule has 0 radical (unpaired) electrons. The lowest BCUT2D eigenvalue weighted by Gasteiger charge is -2.06. The monoisotopic (exact) mass is 138 g/mol. The third kappa shape index (κ3) is 2.38. The lowest BCUT2D eigenvalue weighted by Crippen LogP contribution is -1.85. The van der Waals surface area contributed by atoms with Crippen molar-refractivity contribution in [3.63, 3.8) is 0 Å². The minimum absolute atomic E-state index is 1.15. The highest BCUT2D eigenvalue weighted by atomic mass is 14.0. The van der Waals surface area contributed by atoms with E-state index in [1.165, 1.54) is 16.7 Å². The molecule has 0 spiro atoms. The standard InChI is InChI=1S/C10H18/c1-6-9(5)10(7-2)8(3)4/h6H,7H2,1-5H3/b9-6-. The van der Waals surface area contributed by atoms with Crippen molar-refractivity contribution in [1.82, 2.24) is 0 Å². The molecule has 0 aromatic heterocycles. The van der Waals surface area contributed by atoms with Gasteiger partial charge in [-0.1, -0.05) is 24.1 Å². The minimum atomic E-state index is 1.15. The molecule has 0 aliphatic carbocycles. The van der Waals surface area contributed by atoms with Crippen LogP contribution in [0.1, 0.15) is 41.0 Å². The van der Waals surface area contributed by atoms with E-state index in [1.54, 1.807) is 0 Å². The van der Waals surface area contributed by atoms with E-state index in [1.807, 2.05) is 0 Å². The molecule has 0 N–H and O–H groups in total. The first-order valence-electron chi connectivity index (χ1n) is 3.93. The predicted molar refractivity (Wildman–Crippen MR) is 48.1 cm³/mol. The Balaban J connectivity index is 4.54. The molecule has 0 aromatic carbocycles. The molecule has 0 saturated carbocycles. The van der Waals surface area contributed by atoms with Crippen molar-refractivity contribution in [2.75, 3.05) is 0 Å². The van der Waals surface area contributed by atoms with Crippen molar-refractivity contribution >= 4 is 0 Å². The largest absolute Gasteiger partial charge is 0.0844 e. The lowest BCUT2D eigenvalue weighted by molar-refractivity contribution is 1.06. The molecule has 0 atom stereocenters. The van der Waals surface area contributed by atoms with E-state index in [-0.39, 0.29) is 0 Å². The molecule has 0 aromatic rings. The van der Waals surface area contributed by atoms with Gasteiger partial charge in [0.1, 0.15) is 0 Å². The van der Waals surface area contributed by atoms with Crippen LogP contribution in [0.25, 0.3) is 0 Å². The molecule has 0 heteroatoms. The van der Waals surface area contributed by atoms with Gasteiger partial charge in [0.25, 0.3) is 0 Å². The van der Waals surface area contributed by atoms with Crippen LogP contribution in [0.15, 0.2) is 22.8 Å². The van der Waals surface area contributed by atoms with E-state index in [2.05, 4.69) is 40.7 Å². The van der Waals surface area contributed by atoms with Gasteiger partial charge >= 0.3 is 0 Å². The van der Waals surface area contributed by atoms with Crippen molar-refractivity contribution in [3.05, 3.63) is 22.8 Å². The molecule has 0 aliphatic heterocycles. The van der Waals surface area contributed by atoms with Gasteiger partial charge in [0, 0.05) is 0 Å². The molecule has 0 bridgehead atoms. The maximum atomic E-state index is 2.20. The van der Waals surface area contributed by atoms with Gasteiger partial charge < -0.3 is 0 Å². The van der Waals surface area contributed by atoms with Gasteiger partial charge in [0.15, 0.2) is 0 Å². The quantitative estimate of drug-likeness (QED) is 0.510. The van der Waals surface area contributed by atoms with Gasteiger partial charge in [-0.25, -0.2) is 0 Å². The van der Waals surface area contributed by atoms with Crippen LogP contribution < -0.4 is 0 Å². The predicted octanol–water partition coefficient (Wildman–Crippen LogP) is 3.70. The second kappa shape index (κ2) is 4.32. The molecule has 0 heterocycles. The topological polar surface area (TPSA) is 0 Å². The maximum Gasteiger partial charge on any atom is -0.0306 e. The van der Waals surface area contributed by atoms with Gasteiger partial charge in [-0.05, 0) is 39.7 Å². The maximum absolute atomic E-state index is 2.20. The Labute approximate surface area is 64.6 Å². The zero-order chi connectivity index (χ0) is 8.15. The van der Waals surface area contributed by atoms with Gasteiger partial charge in [0.05, 0.1) is 0 Å². The zero-order valence-corrected chi connectivity index (χ0v) is 7.78. The van der Waals surface area contributed by atoms with Crippen LogP contribution in [0.3, 0.4) is 0 Å². The van der Waals surface area contributed by atoms with Gasteiger partial charge in [-0.3, -0.25) is 0 Å². The summed E-state index contributed by atoms with van der Waals surface area (Å²) in [4.78, 5) is 0. The molecule has 0 saturated heterocycles. The van der Waals surface area contributed by atoms with Crippen LogP contribution in [-0.4, -0.2) is 0 Å². The van der Waals surface area contributed by atoms with Crippen molar-refractivity contribution < 1.29 is 0 Å². The molecule has 0 aliphatic rings. The second-order valence-electron chi connectivity index (χ2n) is 2.80. The summed E-state index contributed by atoms with van der Waals surface area (Å²) in [5.74, 6) is 0. The smallest absolute Gasteiger partial charge is 0.0306 e. The summed E-state index contributed by atoms with van der Waals surface area (Å²) in [6.07, 6.45) is 3.32. The van der Waals surface area contributed by atoms with Crippen molar-refractivity contribution in [1.29, 1.82) is 0 Å². The van der Waals surface area contributed by atoms with Crippen molar-refractivity contribution in [3.8, 4) is 0 Å². The molecular weight excluding hydrogens is 120 g/mol. The Morgan fingerprint density at radius 3 is 1.80 bits per heavy atom. The van der Waals surface area contributed by atoms with Crippen LogP contribution in [0.4, 0.5) is 0 Å². The summed E-state index contributed by atoms with van der Waals surface area (Å²) in [6.45, 7) is 10.8. The van der Waals surface area contributed by atoms with E-state index in [0.29, 0.717) is 0 Å². The Bertz CT molecular complexity index is 149. The number of hydrogen-bond donors (Lipinski definition) is 0. The SMILES string of the molecule is C/C=C(/C)C(CC)=C(C)C. The summed E-state index contributed by atoms with van der Waals surface area (Å²) < 4.78 is 0. The average Bonchev–Trinajstić information content (AvgIpc) is 1.88.